The van der Waals surface area contributed by atoms with Crippen molar-refractivity contribution in [1.29, 1.82) is 0 Å². The summed E-state index contributed by atoms with van der Waals surface area (Å²) in [6, 6.07) is 12.0. The zero-order valence-electron chi connectivity index (χ0n) is 4.93. The molecule has 0 atom stereocenters. The standard InChI is InChI=1S/C6H6.Al.2ClH.Mg.3H/c1-2-4-6-5-3-1;;;;;;;/h1-6H;;2*1H;;;;/q;;;;+2;;;/p-2. The number of halogens is 2. The second kappa shape index (κ2) is 16.6. The SMILES string of the molecule is [AlH3].[Cl-].[Cl-].[Mg+2].c1ccccc1. The fourth-order valence-corrected chi connectivity index (χ4v) is 0.385. The maximum Gasteiger partial charge on any atom is 2.00 e. The van der Waals surface area contributed by atoms with Crippen LogP contribution in [0.1, 0.15) is 0 Å². The summed E-state index contributed by atoms with van der Waals surface area (Å²) in [6.07, 6.45) is 0. The van der Waals surface area contributed by atoms with Gasteiger partial charge in [0.25, 0.3) is 0 Å². The maximum atomic E-state index is 2.00. The minimum atomic E-state index is 0. The van der Waals surface area contributed by atoms with E-state index in [1.807, 2.05) is 36.4 Å². The van der Waals surface area contributed by atoms with Gasteiger partial charge in [-0.3, -0.25) is 0 Å². The van der Waals surface area contributed by atoms with Gasteiger partial charge >= 0.3 is 23.1 Å². The van der Waals surface area contributed by atoms with E-state index in [0.29, 0.717) is 0 Å². The van der Waals surface area contributed by atoms with Crippen LogP contribution in [0.15, 0.2) is 36.4 Å². The van der Waals surface area contributed by atoms with E-state index in [1.54, 1.807) is 0 Å². The van der Waals surface area contributed by atoms with Crippen molar-refractivity contribution in [3.05, 3.63) is 36.4 Å². The number of hydrogen-bond donors (Lipinski definition) is 0. The van der Waals surface area contributed by atoms with E-state index < -0.39 is 0 Å². The summed E-state index contributed by atoms with van der Waals surface area (Å²) >= 11 is 0. The molecule has 0 saturated carbocycles. The molecular weight excluding hydrogens is 194 g/mol. The first-order chi connectivity index (χ1) is 3.00. The molecular formula is C6H9AlCl2Mg. The maximum absolute atomic E-state index is 2.00. The van der Waals surface area contributed by atoms with Crippen molar-refractivity contribution in [2.24, 2.45) is 0 Å². The number of benzene rings is 1. The van der Waals surface area contributed by atoms with Gasteiger partial charge in [0.2, 0.25) is 0 Å². The molecule has 0 fully saturated rings. The van der Waals surface area contributed by atoms with E-state index in [4.69, 9.17) is 0 Å². The van der Waals surface area contributed by atoms with Crippen molar-refractivity contribution in [3.63, 3.8) is 0 Å². The van der Waals surface area contributed by atoms with Gasteiger partial charge in [-0.15, -0.1) is 0 Å². The van der Waals surface area contributed by atoms with Gasteiger partial charge in [0.1, 0.15) is 0 Å². The van der Waals surface area contributed by atoms with Crippen molar-refractivity contribution >= 4 is 40.4 Å². The Morgan fingerprint density at radius 2 is 0.600 bits per heavy atom. The molecule has 0 radical (unpaired) electrons. The van der Waals surface area contributed by atoms with Crippen LogP contribution in [0, 0.1) is 0 Å². The largest absolute Gasteiger partial charge is 2.00 e. The molecule has 52 valence electrons. The van der Waals surface area contributed by atoms with Crippen LogP contribution < -0.4 is 24.8 Å². The van der Waals surface area contributed by atoms with Crippen LogP contribution >= 0.6 is 0 Å². The number of rotatable bonds is 0. The average Bonchev–Trinajstić information content (AvgIpc) is 1.72. The van der Waals surface area contributed by atoms with Crippen LogP contribution in [0.3, 0.4) is 0 Å². The van der Waals surface area contributed by atoms with E-state index in [0.717, 1.165) is 0 Å². The molecule has 1 aromatic rings. The first-order valence-electron chi connectivity index (χ1n) is 2.00. The summed E-state index contributed by atoms with van der Waals surface area (Å²) in [5.41, 5.74) is 0. The summed E-state index contributed by atoms with van der Waals surface area (Å²) < 4.78 is 0. The van der Waals surface area contributed by atoms with Crippen LogP contribution in [0.25, 0.3) is 0 Å². The predicted molar refractivity (Wildman–Crippen MR) is 42.1 cm³/mol. The van der Waals surface area contributed by atoms with Crippen LogP contribution in [0.4, 0.5) is 0 Å². The Hall–Kier alpha value is 1.10. The third-order valence-electron chi connectivity index (χ3n) is 0.667. The Balaban J connectivity index is -0.0000000450. The van der Waals surface area contributed by atoms with Crippen LogP contribution in [-0.2, 0) is 0 Å². The van der Waals surface area contributed by atoms with Gasteiger partial charge in [-0.05, 0) is 0 Å². The smallest absolute Gasteiger partial charge is 1.00 e. The first-order valence-corrected chi connectivity index (χ1v) is 2.00. The zero-order valence-corrected chi connectivity index (χ0v) is 7.85. The van der Waals surface area contributed by atoms with Crippen LogP contribution in [0.5, 0.6) is 0 Å². The Morgan fingerprint density at radius 3 is 0.700 bits per heavy atom. The molecule has 0 amide bonds. The molecule has 0 unspecified atom stereocenters. The summed E-state index contributed by atoms with van der Waals surface area (Å²) in [7, 11) is 0. The van der Waals surface area contributed by atoms with Gasteiger partial charge in [0.15, 0.2) is 17.4 Å². The predicted octanol–water partition coefficient (Wildman–Crippen LogP) is -5.87. The van der Waals surface area contributed by atoms with Crippen molar-refractivity contribution in [3.8, 4) is 0 Å². The molecule has 0 aliphatic carbocycles. The van der Waals surface area contributed by atoms with E-state index in [1.165, 1.54) is 0 Å². The zero-order chi connectivity index (χ0) is 4.24. The molecule has 0 bridgehead atoms. The van der Waals surface area contributed by atoms with E-state index in [2.05, 4.69) is 0 Å². The fraction of sp³-hybridized carbons (Fsp3) is 0. The Kier molecular flexibility index (Phi) is 37.3. The van der Waals surface area contributed by atoms with E-state index in [9.17, 15) is 0 Å². The normalized spacial score (nSPS) is 4.80. The molecule has 0 N–H and O–H groups in total. The van der Waals surface area contributed by atoms with Crippen LogP contribution in [-0.4, -0.2) is 40.4 Å². The van der Waals surface area contributed by atoms with Crippen LogP contribution in [0.2, 0.25) is 0 Å². The third-order valence-corrected chi connectivity index (χ3v) is 0.667. The van der Waals surface area contributed by atoms with Gasteiger partial charge in [-0.1, -0.05) is 36.4 Å². The monoisotopic (exact) mass is 202 g/mol. The molecule has 1 aromatic carbocycles. The first kappa shape index (κ1) is 22.5. The molecule has 0 aromatic heterocycles. The Labute approximate surface area is 101 Å². The number of hydrogen-bond acceptors (Lipinski definition) is 0. The fourth-order valence-electron chi connectivity index (χ4n) is 0.385. The van der Waals surface area contributed by atoms with E-state index >= 15 is 0 Å². The van der Waals surface area contributed by atoms with Gasteiger partial charge in [-0.2, -0.15) is 0 Å². The summed E-state index contributed by atoms with van der Waals surface area (Å²) in [4.78, 5) is 0. The van der Waals surface area contributed by atoms with E-state index in [-0.39, 0.29) is 65.2 Å². The molecule has 1 rings (SSSR count). The molecule has 0 aliphatic rings. The minimum Gasteiger partial charge on any atom is -1.00 e. The van der Waals surface area contributed by atoms with Gasteiger partial charge in [0.05, 0.1) is 0 Å². The molecule has 0 nitrogen and oxygen atoms in total. The summed E-state index contributed by atoms with van der Waals surface area (Å²) in [5, 5.41) is 0. The second-order valence-electron chi connectivity index (χ2n) is 1.15. The summed E-state index contributed by atoms with van der Waals surface area (Å²) in [5.74, 6) is 0. The second-order valence-corrected chi connectivity index (χ2v) is 1.15. The van der Waals surface area contributed by atoms with Crippen molar-refractivity contribution in [2.45, 2.75) is 0 Å². The topological polar surface area (TPSA) is 0 Å². The van der Waals surface area contributed by atoms with Crippen molar-refractivity contribution in [2.75, 3.05) is 0 Å². The molecule has 0 spiro atoms. The van der Waals surface area contributed by atoms with Gasteiger partial charge < -0.3 is 24.8 Å². The Morgan fingerprint density at radius 1 is 0.500 bits per heavy atom. The van der Waals surface area contributed by atoms with Crippen molar-refractivity contribution < 1.29 is 24.8 Å². The van der Waals surface area contributed by atoms with Gasteiger partial charge in [0, 0.05) is 0 Å². The quantitative estimate of drug-likeness (QED) is 0.369. The third kappa shape index (κ3) is 11.8. The minimum absolute atomic E-state index is 0. The molecule has 0 aliphatic heterocycles. The average molecular weight is 203 g/mol. The summed E-state index contributed by atoms with van der Waals surface area (Å²) in [6.45, 7) is 0. The van der Waals surface area contributed by atoms with Crippen molar-refractivity contribution in [1.82, 2.24) is 0 Å². The molecule has 10 heavy (non-hydrogen) atoms. The van der Waals surface area contributed by atoms with Gasteiger partial charge in [-0.25, -0.2) is 0 Å². The Bertz CT molecular complexity index is 87.7. The molecule has 0 saturated heterocycles. The molecule has 0 heterocycles. The molecule has 4 heteroatoms.